The Balaban J connectivity index is 2.33. The van der Waals surface area contributed by atoms with Gasteiger partial charge in [0.2, 0.25) is 0 Å². The minimum atomic E-state index is -0.435. The van der Waals surface area contributed by atoms with E-state index in [0.717, 1.165) is 5.56 Å². The lowest BCUT2D eigenvalue weighted by molar-refractivity contribution is -0.117. The second-order valence-electron chi connectivity index (χ2n) is 6.58. The summed E-state index contributed by atoms with van der Waals surface area (Å²) in [6, 6.07) is 10.5. The number of nitrogens with one attached hydrogen (secondary N) is 1. The number of nitriles is 1. The lowest BCUT2D eigenvalue weighted by Gasteiger charge is -2.15. The number of ether oxygens (including phenoxy) is 2. The normalized spacial score (nSPS) is 11.2. The van der Waals surface area contributed by atoms with Crippen LogP contribution in [0, 0.1) is 11.3 Å². The van der Waals surface area contributed by atoms with Crippen LogP contribution in [0.15, 0.2) is 40.4 Å². The van der Waals surface area contributed by atoms with Crippen molar-refractivity contribution >= 4 is 51.1 Å². The number of carbonyl (C=O) groups excluding carboxylic acids is 1. The predicted molar refractivity (Wildman–Crippen MR) is 123 cm³/mol. The predicted octanol–water partition coefficient (Wildman–Crippen LogP) is 6.17. The van der Waals surface area contributed by atoms with E-state index in [-0.39, 0.29) is 18.2 Å². The van der Waals surface area contributed by atoms with E-state index in [4.69, 9.17) is 32.7 Å². The first-order valence-corrected chi connectivity index (χ1v) is 10.8. The molecule has 0 saturated heterocycles. The highest BCUT2D eigenvalue weighted by atomic mass is 79.9. The van der Waals surface area contributed by atoms with E-state index in [0.29, 0.717) is 38.2 Å². The van der Waals surface area contributed by atoms with E-state index >= 15 is 0 Å². The van der Waals surface area contributed by atoms with Crippen molar-refractivity contribution in [3.05, 3.63) is 61.5 Å². The Morgan fingerprint density at radius 1 is 1.23 bits per heavy atom. The highest BCUT2D eigenvalue weighted by Crippen LogP contribution is 2.36. The van der Waals surface area contributed by atoms with Gasteiger partial charge in [-0.2, -0.15) is 5.26 Å². The zero-order valence-electron chi connectivity index (χ0n) is 16.8. The number of carbonyl (C=O) groups is 1. The third-order valence-electron chi connectivity index (χ3n) is 3.85. The Morgan fingerprint density at radius 3 is 2.53 bits per heavy atom. The summed E-state index contributed by atoms with van der Waals surface area (Å²) < 4.78 is 12.3. The number of amides is 1. The van der Waals surface area contributed by atoms with Crippen molar-refractivity contribution in [2.24, 2.45) is 0 Å². The molecule has 0 aliphatic carbocycles. The van der Waals surface area contributed by atoms with E-state index in [1.165, 1.54) is 6.08 Å². The van der Waals surface area contributed by atoms with Gasteiger partial charge in [0, 0.05) is 26.1 Å². The van der Waals surface area contributed by atoms with Gasteiger partial charge in [-0.05, 0) is 56.7 Å². The number of nitrogens with zero attached hydrogens (tertiary/aromatic N) is 1. The molecule has 8 heteroatoms. The van der Waals surface area contributed by atoms with Gasteiger partial charge in [0.1, 0.15) is 18.2 Å². The third kappa shape index (κ3) is 6.66. The number of hydrogen-bond acceptors (Lipinski definition) is 4. The van der Waals surface area contributed by atoms with Crippen LogP contribution in [0.2, 0.25) is 10.0 Å². The van der Waals surface area contributed by atoms with Crippen LogP contribution in [0.3, 0.4) is 0 Å². The molecule has 1 amide bonds. The lowest BCUT2D eigenvalue weighted by atomic mass is 10.1. The van der Waals surface area contributed by atoms with Gasteiger partial charge in [-0.15, -0.1) is 0 Å². The van der Waals surface area contributed by atoms with Gasteiger partial charge in [0.15, 0.2) is 11.5 Å². The van der Waals surface area contributed by atoms with Gasteiger partial charge < -0.3 is 14.8 Å². The fourth-order valence-corrected chi connectivity index (χ4v) is 3.38. The van der Waals surface area contributed by atoms with E-state index in [2.05, 4.69) is 21.2 Å². The van der Waals surface area contributed by atoms with Crippen molar-refractivity contribution in [2.75, 3.05) is 6.61 Å². The van der Waals surface area contributed by atoms with Crippen molar-refractivity contribution in [1.29, 1.82) is 5.26 Å². The van der Waals surface area contributed by atoms with Crippen LogP contribution in [-0.4, -0.2) is 18.6 Å². The zero-order valence-corrected chi connectivity index (χ0v) is 19.9. The molecule has 2 aromatic carbocycles. The van der Waals surface area contributed by atoms with Crippen molar-refractivity contribution < 1.29 is 14.3 Å². The zero-order chi connectivity index (χ0) is 22.3. The van der Waals surface area contributed by atoms with Crippen molar-refractivity contribution in [2.45, 2.75) is 33.4 Å². The highest BCUT2D eigenvalue weighted by Gasteiger charge is 2.15. The molecule has 0 bridgehead atoms. The fraction of sp³-hybridized carbons (Fsp3) is 0.273. The molecule has 0 aliphatic rings. The molecular weight excluding hydrogens is 491 g/mol. The largest absolute Gasteiger partial charge is 0.490 e. The van der Waals surface area contributed by atoms with Crippen molar-refractivity contribution in [3.8, 4) is 17.6 Å². The molecule has 2 aromatic rings. The van der Waals surface area contributed by atoms with Crippen molar-refractivity contribution in [1.82, 2.24) is 5.32 Å². The Morgan fingerprint density at radius 2 is 1.93 bits per heavy atom. The maximum atomic E-state index is 12.2. The number of benzene rings is 2. The topological polar surface area (TPSA) is 71.3 Å². The molecule has 0 radical (unpaired) electrons. The molecule has 0 unspecified atom stereocenters. The summed E-state index contributed by atoms with van der Waals surface area (Å²) in [5.74, 6) is 0.547. The van der Waals surface area contributed by atoms with Gasteiger partial charge in [-0.3, -0.25) is 4.79 Å². The quantitative estimate of drug-likeness (QED) is 0.340. The number of halogens is 3. The van der Waals surface area contributed by atoms with Crippen molar-refractivity contribution in [3.63, 3.8) is 0 Å². The van der Waals surface area contributed by atoms with Crippen LogP contribution in [0.1, 0.15) is 31.9 Å². The average Bonchev–Trinajstić information content (AvgIpc) is 2.67. The van der Waals surface area contributed by atoms with E-state index < -0.39 is 5.91 Å². The smallest absolute Gasteiger partial charge is 0.262 e. The Hall–Kier alpha value is -2.20. The molecule has 1 N–H and O–H groups in total. The molecule has 0 aromatic heterocycles. The SMILES string of the molecule is CCOc1cc(/C=C(/C#N)C(=O)NC(C)C)c(Br)cc1OCc1ccc(Cl)cc1Cl. The van der Waals surface area contributed by atoms with Crippen LogP contribution in [0.4, 0.5) is 0 Å². The Bertz CT molecular complexity index is 1000. The molecule has 0 spiro atoms. The Labute approximate surface area is 194 Å². The maximum absolute atomic E-state index is 12.2. The second kappa shape index (κ2) is 11.3. The number of rotatable bonds is 8. The average molecular weight is 512 g/mol. The standard InChI is InChI=1S/C22H21BrCl2N2O3/c1-4-29-20-8-15(7-16(11-26)22(28)27-13(2)3)18(23)10-21(20)30-12-14-5-6-17(24)9-19(14)25/h5-10,13H,4,12H2,1-3H3,(H,27,28)/b16-7-. The molecular formula is C22H21BrCl2N2O3. The van der Waals surface area contributed by atoms with E-state index in [1.807, 2.05) is 26.8 Å². The molecule has 2 rings (SSSR count). The lowest BCUT2D eigenvalue weighted by Crippen LogP contribution is -2.30. The van der Waals surface area contributed by atoms with Crippen LogP contribution in [0.25, 0.3) is 6.08 Å². The van der Waals surface area contributed by atoms with Crippen LogP contribution in [0.5, 0.6) is 11.5 Å². The summed E-state index contributed by atoms with van der Waals surface area (Å²) in [4.78, 5) is 12.2. The summed E-state index contributed by atoms with van der Waals surface area (Å²) >= 11 is 15.6. The third-order valence-corrected chi connectivity index (χ3v) is 5.12. The van der Waals surface area contributed by atoms with Gasteiger partial charge >= 0.3 is 0 Å². The monoisotopic (exact) mass is 510 g/mol. The van der Waals surface area contributed by atoms with Gasteiger partial charge in [0.25, 0.3) is 5.91 Å². The molecule has 0 heterocycles. The molecule has 30 heavy (non-hydrogen) atoms. The van der Waals surface area contributed by atoms with Gasteiger partial charge in [0.05, 0.1) is 6.61 Å². The summed E-state index contributed by atoms with van der Waals surface area (Å²) in [7, 11) is 0. The summed E-state index contributed by atoms with van der Waals surface area (Å²) in [5, 5.41) is 13.1. The minimum Gasteiger partial charge on any atom is -0.490 e. The molecule has 0 aliphatic heterocycles. The van der Waals surface area contributed by atoms with Crippen LogP contribution >= 0.6 is 39.1 Å². The number of hydrogen-bond donors (Lipinski definition) is 1. The summed E-state index contributed by atoms with van der Waals surface area (Å²) in [6.07, 6.45) is 1.50. The highest BCUT2D eigenvalue weighted by molar-refractivity contribution is 9.10. The van der Waals surface area contributed by atoms with Crippen LogP contribution < -0.4 is 14.8 Å². The minimum absolute atomic E-state index is 0.00605. The molecule has 0 atom stereocenters. The maximum Gasteiger partial charge on any atom is 0.262 e. The van der Waals surface area contributed by atoms with Gasteiger partial charge in [-0.1, -0.05) is 45.2 Å². The first-order chi connectivity index (χ1) is 14.2. The van der Waals surface area contributed by atoms with E-state index in [1.54, 1.807) is 30.3 Å². The first kappa shape index (κ1) is 24.1. The molecule has 0 fully saturated rings. The Kier molecular flexibility index (Phi) is 9.04. The van der Waals surface area contributed by atoms with Gasteiger partial charge in [-0.25, -0.2) is 0 Å². The van der Waals surface area contributed by atoms with Crippen LogP contribution in [-0.2, 0) is 11.4 Å². The molecule has 5 nitrogen and oxygen atoms in total. The summed E-state index contributed by atoms with van der Waals surface area (Å²) in [6.45, 7) is 6.15. The first-order valence-electron chi connectivity index (χ1n) is 9.20. The molecule has 158 valence electrons. The fourth-order valence-electron chi connectivity index (χ4n) is 2.48. The summed E-state index contributed by atoms with van der Waals surface area (Å²) in [5.41, 5.74) is 1.39. The van der Waals surface area contributed by atoms with E-state index in [9.17, 15) is 10.1 Å². The molecule has 0 saturated carbocycles. The second-order valence-corrected chi connectivity index (χ2v) is 8.27.